The zero-order valence-electron chi connectivity index (χ0n) is 11.5. The second-order valence-corrected chi connectivity index (χ2v) is 5.07. The van der Waals surface area contributed by atoms with Crippen molar-refractivity contribution in [3.63, 3.8) is 0 Å². The Bertz CT molecular complexity index is 934. The van der Waals surface area contributed by atoms with Crippen molar-refractivity contribution in [3.8, 4) is 0 Å². The summed E-state index contributed by atoms with van der Waals surface area (Å²) in [7, 11) is 0. The second kappa shape index (κ2) is 4.91. The van der Waals surface area contributed by atoms with Crippen LogP contribution >= 0.6 is 0 Å². The molecule has 0 atom stereocenters. The van der Waals surface area contributed by atoms with Crippen molar-refractivity contribution in [1.29, 1.82) is 0 Å². The summed E-state index contributed by atoms with van der Waals surface area (Å²) in [4.78, 5) is 8.00. The van der Waals surface area contributed by atoms with E-state index in [9.17, 15) is 0 Å². The number of aliphatic imine (C=N–C) groups is 1. The number of para-hydroxylation sites is 1. The molecule has 0 aliphatic carbocycles. The van der Waals surface area contributed by atoms with Crippen LogP contribution in [0.5, 0.6) is 0 Å². The van der Waals surface area contributed by atoms with Gasteiger partial charge in [-0.05, 0) is 29.8 Å². The predicted molar refractivity (Wildman–Crippen MR) is 89.5 cm³/mol. The first-order valence-corrected chi connectivity index (χ1v) is 7.00. The van der Waals surface area contributed by atoms with Gasteiger partial charge in [0.25, 0.3) is 0 Å². The number of H-pyrrole nitrogens is 1. The summed E-state index contributed by atoms with van der Waals surface area (Å²) in [6.07, 6.45) is 1.90. The molecular weight excluding hydrogens is 256 g/mol. The van der Waals surface area contributed by atoms with Crippen LogP contribution in [0, 0.1) is 0 Å². The molecule has 1 N–H and O–H groups in total. The van der Waals surface area contributed by atoms with Crippen molar-refractivity contribution in [2.24, 2.45) is 4.99 Å². The van der Waals surface area contributed by atoms with Crippen molar-refractivity contribution < 1.29 is 0 Å². The summed E-state index contributed by atoms with van der Waals surface area (Å²) in [5.41, 5.74) is 4.39. The van der Waals surface area contributed by atoms with Crippen molar-refractivity contribution in [3.05, 3.63) is 78.4 Å². The lowest BCUT2D eigenvalue weighted by Gasteiger charge is -1.96. The topological polar surface area (TPSA) is 28.1 Å². The smallest absolute Gasteiger partial charge is 0.0637 e. The summed E-state index contributed by atoms with van der Waals surface area (Å²) >= 11 is 0. The highest BCUT2D eigenvalue weighted by Crippen LogP contribution is 2.28. The largest absolute Gasteiger partial charge is 0.355 e. The van der Waals surface area contributed by atoms with Gasteiger partial charge < -0.3 is 4.98 Å². The molecule has 100 valence electrons. The number of aromatic nitrogens is 1. The van der Waals surface area contributed by atoms with Crippen molar-refractivity contribution in [2.75, 3.05) is 0 Å². The molecule has 0 aliphatic rings. The number of rotatable bonds is 2. The molecule has 4 rings (SSSR count). The summed E-state index contributed by atoms with van der Waals surface area (Å²) in [5.74, 6) is 0. The number of hydrogen-bond donors (Lipinski definition) is 1. The number of aromatic amines is 1. The molecule has 0 spiro atoms. The van der Waals surface area contributed by atoms with Gasteiger partial charge in [-0.2, -0.15) is 0 Å². The maximum atomic E-state index is 4.57. The highest BCUT2D eigenvalue weighted by molar-refractivity contribution is 6.08. The highest BCUT2D eigenvalue weighted by atomic mass is 14.7. The first kappa shape index (κ1) is 11.9. The third-order valence-corrected chi connectivity index (χ3v) is 3.65. The van der Waals surface area contributed by atoms with E-state index in [1.165, 1.54) is 10.8 Å². The van der Waals surface area contributed by atoms with Gasteiger partial charge in [0.05, 0.1) is 5.69 Å². The summed E-state index contributed by atoms with van der Waals surface area (Å²) in [6, 6.07) is 24.8. The maximum absolute atomic E-state index is 4.57. The van der Waals surface area contributed by atoms with Gasteiger partial charge in [0.15, 0.2) is 0 Å². The lowest BCUT2D eigenvalue weighted by atomic mass is 10.1. The molecule has 1 heterocycles. The number of hydrogen-bond acceptors (Lipinski definition) is 1. The molecule has 0 radical (unpaired) electrons. The maximum Gasteiger partial charge on any atom is 0.0637 e. The van der Waals surface area contributed by atoms with Gasteiger partial charge in [0.2, 0.25) is 0 Å². The predicted octanol–water partition coefficient (Wildman–Crippen LogP) is 5.07. The fraction of sp³-hybridized carbons (Fsp3) is 0. The quantitative estimate of drug-likeness (QED) is 0.492. The van der Waals surface area contributed by atoms with Crippen molar-refractivity contribution in [2.45, 2.75) is 0 Å². The van der Waals surface area contributed by atoms with Crippen LogP contribution < -0.4 is 0 Å². The normalized spacial score (nSPS) is 11.6. The van der Waals surface area contributed by atoms with Crippen molar-refractivity contribution in [1.82, 2.24) is 4.98 Å². The standard InChI is InChI=1S/C19H14N2/c1-2-6-14(7-3-1)13-20-15-10-11-19-17(12-15)16-8-4-5-9-18(16)21-19/h1-13,21H/b20-13+. The van der Waals surface area contributed by atoms with E-state index in [1.54, 1.807) is 0 Å². The average molecular weight is 270 g/mol. The molecule has 2 heteroatoms. The molecule has 21 heavy (non-hydrogen) atoms. The summed E-state index contributed by atoms with van der Waals surface area (Å²) in [5, 5.41) is 2.46. The SMILES string of the molecule is C(=N\c1ccc2[nH]c3ccccc3c2c1)/c1ccccc1. The lowest BCUT2D eigenvalue weighted by molar-refractivity contribution is 1.52. The van der Waals surface area contributed by atoms with Gasteiger partial charge in [0, 0.05) is 28.0 Å². The molecular formula is C19H14N2. The molecule has 0 bridgehead atoms. The minimum absolute atomic E-state index is 0.969. The van der Waals surface area contributed by atoms with Gasteiger partial charge in [-0.25, -0.2) is 0 Å². The van der Waals surface area contributed by atoms with Crippen LogP contribution in [-0.2, 0) is 0 Å². The molecule has 1 aromatic heterocycles. The Labute approximate surface area is 122 Å². The molecule has 0 amide bonds. The van der Waals surface area contributed by atoms with Crippen LogP contribution in [0.15, 0.2) is 77.8 Å². The second-order valence-electron chi connectivity index (χ2n) is 5.07. The Balaban J connectivity index is 1.80. The molecule has 0 saturated heterocycles. The Hall–Kier alpha value is -2.87. The third kappa shape index (κ3) is 2.21. The highest BCUT2D eigenvalue weighted by Gasteiger charge is 2.03. The lowest BCUT2D eigenvalue weighted by Crippen LogP contribution is -1.77. The van der Waals surface area contributed by atoms with E-state index in [0.29, 0.717) is 0 Å². The van der Waals surface area contributed by atoms with Gasteiger partial charge in [-0.3, -0.25) is 4.99 Å². The Morgan fingerprint density at radius 2 is 1.48 bits per heavy atom. The average Bonchev–Trinajstić information content (AvgIpc) is 2.92. The van der Waals surface area contributed by atoms with Gasteiger partial charge in [-0.15, -0.1) is 0 Å². The van der Waals surface area contributed by atoms with Gasteiger partial charge >= 0.3 is 0 Å². The first-order valence-electron chi connectivity index (χ1n) is 7.00. The zero-order chi connectivity index (χ0) is 14.1. The fourth-order valence-corrected chi connectivity index (χ4v) is 2.60. The Morgan fingerprint density at radius 3 is 2.38 bits per heavy atom. The molecule has 0 aliphatic heterocycles. The third-order valence-electron chi connectivity index (χ3n) is 3.65. The van der Waals surface area contributed by atoms with Crippen LogP contribution in [0.2, 0.25) is 0 Å². The number of benzene rings is 3. The van der Waals surface area contributed by atoms with E-state index in [4.69, 9.17) is 0 Å². The van der Waals surface area contributed by atoms with E-state index in [1.807, 2.05) is 48.7 Å². The van der Waals surface area contributed by atoms with E-state index >= 15 is 0 Å². The monoisotopic (exact) mass is 270 g/mol. The van der Waals surface area contributed by atoms with Gasteiger partial charge in [-0.1, -0.05) is 48.5 Å². The van der Waals surface area contributed by atoms with Crippen LogP contribution in [-0.4, -0.2) is 11.2 Å². The Kier molecular flexibility index (Phi) is 2.79. The molecule has 3 aromatic carbocycles. The number of fused-ring (bicyclic) bond motifs is 3. The summed E-state index contributed by atoms with van der Waals surface area (Å²) < 4.78 is 0. The van der Waals surface area contributed by atoms with E-state index in [0.717, 1.165) is 22.3 Å². The van der Waals surface area contributed by atoms with E-state index in [-0.39, 0.29) is 0 Å². The van der Waals surface area contributed by atoms with Crippen molar-refractivity contribution >= 4 is 33.7 Å². The van der Waals surface area contributed by atoms with Gasteiger partial charge in [0.1, 0.15) is 0 Å². The van der Waals surface area contributed by atoms with Crippen LogP contribution in [0.25, 0.3) is 21.8 Å². The molecule has 0 unspecified atom stereocenters. The fourth-order valence-electron chi connectivity index (χ4n) is 2.60. The molecule has 2 nitrogen and oxygen atoms in total. The van der Waals surface area contributed by atoms with Crippen LogP contribution in [0.4, 0.5) is 5.69 Å². The minimum Gasteiger partial charge on any atom is -0.355 e. The zero-order valence-corrected chi connectivity index (χ0v) is 11.5. The first-order chi connectivity index (χ1) is 10.4. The summed E-state index contributed by atoms with van der Waals surface area (Å²) in [6.45, 7) is 0. The molecule has 4 aromatic rings. The Morgan fingerprint density at radius 1 is 0.714 bits per heavy atom. The van der Waals surface area contributed by atoms with Crippen LogP contribution in [0.1, 0.15) is 5.56 Å². The number of nitrogens with zero attached hydrogens (tertiary/aromatic N) is 1. The minimum atomic E-state index is 0.969. The van der Waals surface area contributed by atoms with E-state index < -0.39 is 0 Å². The number of nitrogens with one attached hydrogen (secondary N) is 1. The van der Waals surface area contributed by atoms with Crippen LogP contribution in [0.3, 0.4) is 0 Å². The molecule has 0 saturated carbocycles. The molecule has 0 fully saturated rings. The van der Waals surface area contributed by atoms with E-state index in [2.05, 4.69) is 40.3 Å².